The summed E-state index contributed by atoms with van der Waals surface area (Å²) in [5.74, 6) is 2.37. The van der Waals surface area contributed by atoms with Crippen LogP contribution in [0.25, 0.3) is 0 Å². The summed E-state index contributed by atoms with van der Waals surface area (Å²) >= 11 is 0. The molecule has 3 aliphatic rings. The molecule has 1 N–H and O–H groups in total. The summed E-state index contributed by atoms with van der Waals surface area (Å²) in [6.07, 6.45) is 26.5. The maximum absolute atomic E-state index is 9.38. The molecule has 3 rings (SSSR count). The van der Waals surface area contributed by atoms with Crippen LogP contribution in [-0.4, -0.2) is 178 Å². The second kappa shape index (κ2) is 54.3. The minimum Gasteiger partial charge on any atom is -0.390 e. The van der Waals surface area contributed by atoms with Crippen LogP contribution in [0.3, 0.4) is 0 Å². The predicted molar refractivity (Wildman–Crippen MR) is 463 cm³/mol. The van der Waals surface area contributed by atoms with Gasteiger partial charge in [-0.2, -0.15) is 0 Å². The van der Waals surface area contributed by atoms with E-state index in [0.717, 1.165) is 69.0 Å². The molecule has 9 heteroatoms. The Bertz CT molecular complexity index is 1780. The van der Waals surface area contributed by atoms with Crippen LogP contribution in [0.4, 0.5) is 0 Å². The first kappa shape index (κ1) is 114. The van der Waals surface area contributed by atoms with Crippen LogP contribution >= 0.6 is 0 Å². The lowest BCUT2D eigenvalue weighted by atomic mass is 9.65. The quantitative estimate of drug-likeness (QED) is 0.113. The molecule has 0 spiro atoms. The third-order valence-corrected chi connectivity index (χ3v) is 19.3. The second-order valence-electron chi connectivity index (χ2n) is 46.1. The van der Waals surface area contributed by atoms with Crippen molar-refractivity contribution in [2.45, 2.75) is 401 Å². The summed E-state index contributed by atoms with van der Waals surface area (Å²) in [4.78, 5) is 11.7. The van der Waals surface area contributed by atoms with Crippen LogP contribution < -0.4 is 0 Å². The van der Waals surface area contributed by atoms with E-state index < -0.39 is 5.60 Å². The number of hydrogen-bond donors (Lipinski definition) is 1. The van der Waals surface area contributed by atoms with E-state index in [4.69, 9.17) is 14.2 Å². The summed E-state index contributed by atoms with van der Waals surface area (Å²) in [5, 5.41) is 9.38. The summed E-state index contributed by atoms with van der Waals surface area (Å²) in [5.41, 5.74) is 4.62. The Balaban J connectivity index is -0.000000195. The first-order valence-corrected chi connectivity index (χ1v) is 41.2. The molecule has 2 atom stereocenters. The van der Waals surface area contributed by atoms with Gasteiger partial charge in [-0.15, -0.1) is 0 Å². The molecular weight excluding hydrogens is 1240 g/mol. The van der Waals surface area contributed by atoms with E-state index in [1.807, 2.05) is 13.8 Å². The molecule has 620 valence electrons. The van der Waals surface area contributed by atoms with Crippen molar-refractivity contribution in [2.75, 3.05) is 124 Å². The topological polar surface area (TPSA) is 64.1 Å². The van der Waals surface area contributed by atoms with Crippen LogP contribution in [0, 0.1) is 77.3 Å². The monoisotopic (exact) mass is 1440 g/mol. The normalized spacial score (nSPS) is 18.0. The first-order valence-electron chi connectivity index (χ1n) is 41.2. The van der Waals surface area contributed by atoms with Gasteiger partial charge in [-0.1, -0.05) is 261 Å². The summed E-state index contributed by atoms with van der Waals surface area (Å²) in [6.45, 7) is 87.4. The van der Waals surface area contributed by atoms with Crippen LogP contribution in [0.1, 0.15) is 378 Å². The fourth-order valence-electron chi connectivity index (χ4n) is 11.5. The third-order valence-electron chi connectivity index (χ3n) is 19.3. The zero-order chi connectivity index (χ0) is 81.9. The lowest BCUT2D eigenvalue weighted by molar-refractivity contribution is 0.0289. The molecule has 101 heavy (non-hydrogen) atoms. The Morgan fingerprint density at radius 2 is 0.703 bits per heavy atom. The number of nitrogens with zero attached hydrogens (tertiary/aromatic N) is 5. The highest BCUT2D eigenvalue weighted by Crippen LogP contribution is 2.43. The maximum atomic E-state index is 9.38. The van der Waals surface area contributed by atoms with E-state index in [0.29, 0.717) is 60.1 Å². The molecule has 0 bridgehead atoms. The van der Waals surface area contributed by atoms with Gasteiger partial charge in [0.25, 0.3) is 0 Å². The van der Waals surface area contributed by atoms with E-state index in [1.165, 1.54) is 129 Å². The predicted octanol–water partition coefficient (Wildman–Crippen LogP) is 26.1. The number of aliphatic hydroxyl groups is 1. The van der Waals surface area contributed by atoms with Gasteiger partial charge in [-0.25, -0.2) is 0 Å². The van der Waals surface area contributed by atoms with Gasteiger partial charge < -0.3 is 43.8 Å². The number of methoxy groups -OCH3 is 3. The Hall–Kier alpha value is -0.360. The fourth-order valence-corrected chi connectivity index (χ4v) is 11.5. The number of unbranched alkanes of at least 4 members (excludes halogenated alkanes) is 2. The van der Waals surface area contributed by atoms with Gasteiger partial charge in [0.05, 0.1) is 18.8 Å². The van der Waals surface area contributed by atoms with Gasteiger partial charge in [-0.05, 0) is 271 Å². The van der Waals surface area contributed by atoms with Gasteiger partial charge in [0, 0.05) is 52.0 Å². The van der Waals surface area contributed by atoms with Crippen molar-refractivity contribution in [3.05, 3.63) is 0 Å². The molecule has 0 aromatic carbocycles. The van der Waals surface area contributed by atoms with Gasteiger partial charge in [0.15, 0.2) is 0 Å². The van der Waals surface area contributed by atoms with Crippen LogP contribution in [-0.2, 0) is 14.2 Å². The number of rotatable bonds is 21. The van der Waals surface area contributed by atoms with Gasteiger partial charge in [0.1, 0.15) is 0 Å². The SMILES string of the molecule is CC(C)(C)CC(C)(C)C.CC(C)(C)CCC(C)(C)O.CCCCCC(C)(C)C.CN(C)C1CC(C(C)(C)C)C1.CN(C)C1CCC(C(C)(C)C)C1.CN(C)CCC(C)(C)C.CN(C)CCCC(C)(C)C.CN(CCC(C)(C)C)C1CCC1.COCC(COC)C(C)(C)C.COCCC(C)(C)C. The summed E-state index contributed by atoms with van der Waals surface area (Å²) < 4.78 is 15.1. The smallest absolute Gasteiger partial charge is 0.0592 e. The maximum Gasteiger partial charge on any atom is 0.0592 e. The number of hydrogen-bond acceptors (Lipinski definition) is 9. The molecule has 3 saturated carbocycles. The van der Waals surface area contributed by atoms with Gasteiger partial charge in [0.2, 0.25) is 0 Å². The number of ether oxygens (including phenoxy) is 3. The Labute approximate surface area is 643 Å². The standard InChI is InChI=1S/2C11H23N.C10H21N.C9H21N.C9H20O2.C9H20O.2C9H20.C8H19N.C7H16O/c1-11(2,3)9-6-7-10(8-9)12(4)5;1-11(2,3)8-9-12(4)10-6-5-7-10;1-10(2,3)8-6-9(7-8)11(4)5;1-9(2,3)7-6-8-10(4)5;1-9(2,3)8(6-10-4)7-11-5;1-8(2,3)6-7-9(4,5)10;1-8(2,3)7-9(4,5)6;1-5-6-7-8-9(2,3)4;1-8(2,3)6-7-9(4)5;1-7(2,3)5-6-8-4/h9-10H,6-8H2,1-5H3;10H,5-9H2,1-4H3;8-9H,6-7H2,1-5H3;6-8H2,1-5H3;8H,6-7H2,1-5H3;10H,6-7H2,1-5H3;7H2,1-6H3;5-8H2,1-4H3;6-7H2,1-5H3;5-6H2,1-4H3. The molecule has 3 aliphatic carbocycles. The fraction of sp³-hybridized carbons (Fsp3) is 1.00. The van der Waals surface area contributed by atoms with Crippen molar-refractivity contribution in [1.82, 2.24) is 24.5 Å². The highest BCUT2D eigenvalue weighted by atomic mass is 16.5. The molecular formula is C92H203N5O4. The molecule has 0 heterocycles. The molecule has 0 saturated heterocycles. The Kier molecular flexibility index (Phi) is 61.2. The average Bonchev–Trinajstić information content (AvgIpc) is 1.09. The van der Waals surface area contributed by atoms with Crippen molar-refractivity contribution in [3.63, 3.8) is 0 Å². The highest BCUT2D eigenvalue weighted by Gasteiger charge is 2.38. The zero-order valence-corrected chi connectivity index (χ0v) is 79.8. The third kappa shape index (κ3) is 92.0. The Morgan fingerprint density at radius 1 is 0.347 bits per heavy atom. The van der Waals surface area contributed by atoms with Crippen LogP contribution in [0.2, 0.25) is 0 Å². The van der Waals surface area contributed by atoms with E-state index in [9.17, 15) is 5.11 Å². The van der Waals surface area contributed by atoms with Gasteiger partial charge in [-0.3, -0.25) is 0 Å². The van der Waals surface area contributed by atoms with Crippen molar-refractivity contribution in [3.8, 4) is 0 Å². The minimum absolute atomic E-state index is 0.270. The summed E-state index contributed by atoms with van der Waals surface area (Å²) in [6, 6.07) is 2.61. The van der Waals surface area contributed by atoms with E-state index in [2.05, 4.69) is 323 Å². The van der Waals surface area contributed by atoms with Crippen LogP contribution in [0.5, 0.6) is 0 Å². The molecule has 9 nitrogen and oxygen atoms in total. The van der Waals surface area contributed by atoms with Crippen molar-refractivity contribution in [1.29, 1.82) is 0 Å². The van der Waals surface area contributed by atoms with E-state index in [1.54, 1.807) is 21.3 Å². The van der Waals surface area contributed by atoms with E-state index in [-0.39, 0.29) is 5.41 Å². The van der Waals surface area contributed by atoms with Gasteiger partial charge >= 0.3 is 0 Å². The lowest BCUT2D eigenvalue weighted by Gasteiger charge is -2.46. The molecule has 0 aromatic rings. The molecule has 3 fully saturated rings. The summed E-state index contributed by atoms with van der Waals surface area (Å²) in [7, 11) is 24.7. The highest BCUT2D eigenvalue weighted by molar-refractivity contribution is 4.91. The minimum atomic E-state index is -0.493. The zero-order valence-electron chi connectivity index (χ0n) is 79.8. The van der Waals surface area contributed by atoms with Crippen molar-refractivity contribution < 1.29 is 19.3 Å². The lowest BCUT2D eigenvalue weighted by Crippen LogP contribution is -2.45. The molecule has 0 aromatic heterocycles. The van der Waals surface area contributed by atoms with Crippen molar-refractivity contribution >= 4 is 0 Å². The molecule has 0 radical (unpaired) electrons. The molecule has 0 amide bonds. The average molecular weight is 1440 g/mol. The first-order chi connectivity index (χ1) is 44.7. The van der Waals surface area contributed by atoms with Crippen LogP contribution in [0.15, 0.2) is 0 Å². The second-order valence-corrected chi connectivity index (χ2v) is 46.1. The van der Waals surface area contributed by atoms with E-state index >= 15 is 0 Å². The molecule has 0 aliphatic heterocycles. The molecule has 2 unspecified atom stereocenters. The largest absolute Gasteiger partial charge is 0.390 e. The Morgan fingerprint density at radius 3 is 0.911 bits per heavy atom. The van der Waals surface area contributed by atoms with Crippen molar-refractivity contribution in [2.24, 2.45) is 77.3 Å².